The number of hydrogen-bond donors (Lipinski definition) is 1. The predicted molar refractivity (Wildman–Crippen MR) is 82.8 cm³/mol. The summed E-state index contributed by atoms with van der Waals surface area (Å²) in [6.45, 7) is 3.00. The van der Waals surface area contributed by atoms with Crippen molar-refractivity contribution in [3.63, 3.8) is 0 Å². The van der Waals surface area contributed by atoms with Crippen LogP contribution in [0.5, 0.6) is 0 Å². The van der Waals surface area contributed by atoms with Crippen LogP contribution in [0.15, 0.2) is 35.8 Å². The van der Waals surface area contributed by atoms with Gasteiger partial charge >= 0.3 is 5.97 Å². The highest BCUT2D eigenvalue weighted by molar-refractivity contribution is 7.10. The highest BCUT2D eigenvalue weighted by Crippen LogP contribution is 2.33. The van der Waals surface area contributed by atoms with Gasteiger partial charge in [-0.1, -0.05) is 30.3 Å². The van der Waals surface area contributed by atoms with E-state index in [1.807, 2.05) is 6.07 Å². The van der Waals surface area contributed by atoms with E-state index in [1.165, 1.54) is 16.9 Å². The summed E-state index contributed by atoms with van der Waals surface area (Å²) >= 11 is 1.48. The van der Waals surface area contributed by atoms with Crippen molar-refractivity contribution in [3.05, 3.63) is 52.0 Å². The van der Waals surface area contributed by atoms with E-state index in [9.17, 15) is 4.79 Å². The molecule has 2 aromatic rings. The van der Waals surface area contributed by atoms with Crippen molar-refractivity contribution in [1.29, 1.82) is 0 Å². The number of carboxylic acid groups (broad SMARTS) is 1. The Morgan fingerprint density at radius 2 is 2.00 bits per heavy atom. The van der Waals surface area contributed by atoms with Gasteiger partial charge in [-0.25, -0.2) is 9.78 Å². The van der Waals surface area contributed by atoms with E-state index in [-0.39, 0.29) is 5.69 Å². The van der Waals surface area contributed by atoms with Crippen LogP contribution in [0, 0.1) is 0 Å². The van der Waals surface area contributed by atoms with Crippen LogP contribution in [0.4, 0.5) is 0 Å². The monoisotopic (exact) mass is 302 g/mol. The summed E-state index contributed by atoms with van der Waals surface area (Å²) in [5.41, 5.74) is 3.23. The molecule has 1 aliphatic rings. The molecule has 4 nitrogen and oxygen atoms in total. The van der Waals surface area contributed by atoms with Crippen LogP contribution < -0.4 is 0 Å². The molecule has 0 amide bonds. The van der Waals surface area contributed by atoms with Crippen LogP contribution in [0.1, 0.15) is 39.7 Å². The number of thiazole rings is 1. The molecule has 21 heavy (non-hydrogen) atoms. The lowest BCUT2D eigenvalue weighted by atomic mass is 9.94. The van der Waals surface area contributed by atoms with Gasteiger partial charge in [0.05, 0.1) is 5.51 Å². The van der Waals surface area contributed by atoms with E-state index in [0.717, 1.165) is 37.4 Å². The lowest BCUT2D eigenvalue weighted by molar-refractivity contribution is 0.0689. The van der Waals surface area contributed by atoms with Crippen LogP contribution in [0.3, 0.4) is 0 Å². The molecule has 1 saturated heterocycles. The average molecular weight is 302 g/mol. The molecule has 0 aliphatic carbocycles. The molecule has 0 bridgehead atoms. The first-order valence-electron chi connectivity index (χ1n) is 7.17. The molecular weight excluding hydrogens is 284 g/mol. The Balaban J connectivity index is 1.60. The van der Waals surface area contributed by atoms with E-state index >= 15 is 0 Å². The molecule has 110 valence electrons. The van der Waals surface area contributed by atoms with Gasteiger partial charge in [0, 0.05) is 11.4 Å². The van der Waals surface area contributed by atoms with Gasteiger partial charge in [0.25, 0.3) is 0 Å². The SMILES string of the molecule is O=C(O)c1ncsc1C1CCN(Cc2ccccc2)CC1. The molecule has 1 aromatic heterocycles. The van der Waals surface area contributed by atoms with Crippen molar-refractivity contribution in [2.45, 2.75) is 25.3 Å². The third-order valence-electron chi connectivity index (χ3n) is 4.00. The molecule has 1 fully saturated rings. The molecule has 1 N–H and O–H groups in total. The number of carboxylic acids is 1. The largest absolute Gasteiger partial charge is 0.476 e. The summed E-state index contributed by atoms with van der Waals surface area (Å²) in [6.07, 6.45) is 2.02. The molecule has 3 rings (SSSR count). The summed E-state index contributed by atoms with van der Waals surface area (Å²) < 4.78 is 0. The van der Waals surface area contributed by atoms with Crippen LogP contribution in [0.25, 0.3) is 0 Å². The Morgan fingerprint density at radius 1 is 1.29 bits per heavy atom. The van der Waals surface area contributed by atoms with Gasteiger partial charge in [-0.05, 0) is 37.4 Å². The molecule has 1 aromatic carbocycles. The zero-order valence-electron chi connectivity index (χ0n) is 11.7. The second-order valence-corrected chi connectivity index (χ2v) is 6.29. The normalized spacial score (nSPS) is 17.0. The zero-order chi connectivity index (χ0) is 14.7. The number of aromatic nitrogens is 1. The summed E-state index contributed by atoms with van der Waals surface area (Å²) in [7, 11) is 0. The van der Waals surface area contributed by atoms with Gasteiger partial charge in [0.15, 0.2) is 5.69 Å². The maximum absolute atomic E-state index is 11.2. The first-order chi connectivity index (χ1) is 10.2. The van der Waals surface area contributed by atoms with Gasteiger partial charge in [0.2, 0.25) is 0 Å². The maximum atomic E-state index is 11.2. The summed E-state index contributed by atoms with van der Waals surface area (Å²) in [4.78, 5) is 18.5. The van der Waals surface area contributed by atoms with Crippen LogP contribution in [-0.2, 0) is 6.54 Å². The minimum absolute atomic E-state index is 0.251. The predicted octanol–water partition coefficient (Wildman–Crippen LogP) is 3.22. The first-order valence-corrected chi connectivity index (χ1v) is 8.05. The Bertz CT molecular complexity index is 604. The second kappa shape index (κ2) is 6.37. The molecule has 0 unspecified atom stereocenters. The Hall–Kier alpha value is -1.72. The van der Waals surface area contributed by atoms with Gasteiger partial charge in [-0.15, -0.1) is 11.3 Å². The average Bonchev–Trinajstić information content (AvgIpc) is 2.99. The number of rotatable bonds is 4. The highest BCUT2D eigenvalue weighted by atomic mass is 32.1. The van der Waals surface area contributed by atoms with E-state index in [2.05, 4.69) is 34.1 Å². The minimum Gasteiger partial charge on any atom is -0.476 e. The molecular formula is C16H18N2O2S. The molecule has 0 atom stereocenters. The third-order valence-corrected chi connectivity index (χ3v) is 5.00. The van der Waals surface area contributed by atoms with Gasteiger partial charge in [-0.3, -0.25) is 4.90 Å². The summed E-state index contributed by atoms with van der Waals surface area (Å²) in [6, 6.07) is 10.5. The molecule has 2 heterocycles. The number of likely N-dealkylation sites (tertiary alicyclic amines) is 1. The van der Waals surface area contributed by atoms with Crippen LogP contribution in [-0.4, -0.2) is 34.0 Å². The summed E-state index contributed by atoms with van der Waals surface area (Å²) in [5.74, 6) is -0.561. The minimum atomic E-state index is -0.905. The number of nitrogens with zero attached hydrogens (tertiary/aromatic N) is 2. The van der Waals surface area contributed by atoms with Crippen molar-refractivity contribution < 1.29 is 9.90 Å². The molecule has 0 radical (unpaired) electrons. The fraction of sp³-hybridized carbons (Fsp3) is 0.375. The number of hydrogen-bond acceptors (Lipinski definition) is 4. The van der Waals surface area contributed by atoms with Crippen molar-refractivity contribution in [2.75, 3.05) is 13.1 Å². The molecule has 0 spiro atoms. The van der Waals surface area contributed by atoms with Crippen LogP contribution in [0.2, 0.25) is 0 Å². The lowest BCUT2D eigenvalue weighted by Crippen LogP contribution is -2.32. The van der Waals surface area contributed by atoms with Crippen molar-refractivity contribution >= 4 is 17.3 Å². The van der Waals surface area contributed by atoms with Gasteiger partial charge in [0.1, 0.15) is 0 Å². The second-order valence-electron chi connectivity index (χ2n) is 5.41. The third kappa shape index (κ3) is 3.31. The fourth-order valence-corrected chi connectivity index (χ4v) is 3.85. The highest BCUT2D eigenvalue weighted by Gasteiger charge is 2.26. The van der Waals surface area contributed by atoms with E-state index in [0.29, 0.717) is 5.92 Å². The van der Waals surface area contributed by atoms with E-state index < -0.39 is 5.97 Å². The Morgan fingerprint density at radius 3 is 2.67 bits per heavy atom. The molecule has 0 saturated carbocycles. The summed E-state index contributed by atoms with van der Waals surface area (Å²) in [5, 5.41) is 9.17. The number of carbonyl (C=O) groups is 1. The van der Waals surface area contributed by atoms with Crippen molar-refractivity contribution in [1.82, 2.24) is 9.88 Å². The quantitative estimate of drug-likeness (QED) is 0.942. The smallest absolute Gasteiger partial charge is 0.355 e. The van der Waals surface area contributed by atoms with Gasteiger partial charge in [-0.2, -0.15) is 0 Å². The Kier molecular flexibility index (Phi) is 4.31. The topological polar surface area (TPSA) is 53.4 Å². The first kappa shape index (κ1) is 14.2. The molecule has 1 aliphatic heterocycles. The van der Waals surface area contributed by atoms with Crippen LogP contribution >= 0.6 is 11.3 Å². The zero-order valence-corrected chi connectivity index (χ0v) is 12.6. The molecule has 5 heteroatoms. The Labute approximate surface area is 128 Å². The van der Waals surface area contributed by atoms with Crippen molar-refractivity contribution in [3.8, 4) is 0 Å². The van der Waals surface area contributed by atoms with E-state index in [1.54, 1.807) is 5.51 Å². The number of benzene rings is 1. The fourth-order valence-electron chi connectivity index (χ4n) is 2.90. The number of aromatic carboxylic acids is 1. The standard InChI is InChI=1S/C16H18N2O2S/c19-16(20)14-15(21-11-17-14)13-6-8-18(9-7-13)10-12-4-2-1-3-5-12/h1-5,11,13H,6-10H2,(H,19,20). The lowest BCUT2D eigenvalue weighted by Gasteiger charge is -2.31. The number of piperidine rings is 1. The van der Waals surface area contributed by atoms with Gasteiger partial charge < -0.3 is 5.11 Å². The van der Waals surface area contributed by atoms with Crippen molar-refractivity contribution in [2.24, 2.45) is 0 Å². The maximum Gasteiger partial charge on any atom is 0.355 e. The van der Waals surface area contributed by atoms with E-state index in [4.69, 9.17) is 5.11 Å².